The highest BCUT2D eigenvalue weighted by Crippen LogP contribution is 2.25. The Labute approximate surface area is 130 Å². The predicted molar refractivity (Wildman–Crippen MR) is 85.3 cm³/mol. The van der Waals surface area contributed by atoms with E-state index in [0.29, 0.717) is 11.5 Å². The first-order valence-corrected chi connectivity index (χ1v) is 9.22. The molecule has 1 fully saturated rings. The van der Waals surface area contributed by atoms with Gasteiger partial charge < -0.3 is 0 Å². The van der Waals surface area contributed by atoms with Gasteiger partial charge in [-0.05, 0) is 30.9 Å². The van der Waals surface area contributed by atoms with Crippen LogP contribution >= 0.6 is 0 Å². The van der Waals surface area contributed by atoms with Gasteiger partial charge in [-0.2, -0.15) is 0 Å². The van der Waals surface area contributed by atoms with Gasteiger partial charge in [-0.15, -0.1) is 0 Å². The van der Waals surface area contributed by atoms with Crippen molar-refractivity contribution in [3.63, 3.8) is 0 Å². The van der Waals surface area contributed by atoms with Crippen LogP contribution in [-0.4, -0.2) is 28.7 Å². The highest BCUT2D eigenvalue weighted by atomic mass is 32.2. The van der Waals surface area contributed by atoms with Crippen molar-refractivity contribution >= 4 is 15.7 Å². The molecule has 2 aromatic rings. The first-order valence-electron chi connectivity index (χ1n) is 7.57. The van der Waals surface area contributed by atoms with E-state index in [1.807, 2.05) is 0 Å². The van der Waals surface area contributed by atoms with Gasteiger partial charge in [-0.25, -0.2) is 18.4 Å². The second kappa shape index (κ2) is 6.48. The second-order valence-corrected chi connectivity index (χ2v) is 7.53. The van der Waals surface area contributed by atoms with Crippen LogP contribution < -0.4 is 4.72 Å². The topological polar surface area (TPSA) is 76.9 Å². The lowest BCUT2D eigenvalue weighted by Gasteiger charge is -2.21. The molecular weight excluding hydrogens is 300 g/mol. The van der Waals surface area contributed by atoms with E-state index in [1.165, 1.54) is 12.6 Å². The van der Waals surface area contributed by atoms with Gasteiger partial charge in [0.15, 0.2) is 0 Å². The second-order valence-electron chi connectivity index (χ2n) is 5.76. The highest BCUT2D eigenvalue weighted by Gasteiger charge is 2.21. The van der Waals surface area contributed by atoms with Crippen molar-refractivity contribution < 1.29 is 8.42 Å². The van der Waals surface area contributed by atoms with Gasteiger partial charge in [0.1, 0.15) is 12.1 Å². The van der Waals surface area contributed by atoms with Crippen LogP contribution in [0.3, 0.4) is 0 Å². The number of rotatable bonds is 5. The fraction of sp³-hybridized carbons (Fsp3) is 0.467. The largest absolute Gasteiger partial charge is 0.291 e. The molecule has 0 spiro atoms. The maximum Gasteiger partial charge on any atom is 0.233 e. The Morgan fingerprint density at radius 3 is 2.68 bits per heavy atom. The van der Waals surface area contributed by atoms with Gasteiger partial charge in [-0.1, -0.05) is 19.3 Å². The molecule has 7 heteroatoms. The number of imidazole rings is 1. The van der Waals surface area contributed by atoms with Crippen molar-refractivity contribution in [3.05, 3.63) is 37.1 Å². The number of anilines is 1. The number of hydrogen-bond acceptors (Lipinski definition) is 4. The number of aromatic nitrogens is 3. The summed E-state index contributed by atoms with van der Waals surface area (Å²) in [5, 5.41) is 0. The zero-order valence-electron chi connectivity index (χ0n) is 12.4. The van der Waals surface area contributed by atoms with E-state index in [4.69, 9.17) is 0 Å². The summed E-state index contributed by atoms with van der Waals surface area (Å²) >= 11 is 0. The third-order valence-corrected chi connectivity index (χ3v) is 5.43. The third kappa shape index (κ3) is 3.85. The van der Waals surface area contributed by atoms with Gasteiger partial charge in [0.25, 0.3) is 0 Å². The third-order valence-electron chi connectivity index (χ3n) is 3.97. The summed E-state index contributed by atoms with van der Waals surface area (Å²) in [4.78, 5) is 8.21. The molecule has 1 aliphatic carbocycles. The Morgan fingerprint density at radius 2 is 2.05 bits per heavy atom. The van der Waals surface area contributed by atoms with E-state index >= 15 is 0 Å². The van der Waals surface area contributed by atoms with Crippen LogP contribution in [0.2, 0.25) is 0 Å². The molecule has 22 heavy (non-hydrogen) atoms. The quantitative estimate of drug-likeness (QED) is 0.918. The molecule has 0 amide bonds. The summed E-state index contributed by atoms with van der Waals surface area (Å²) in [5.41, 5.74) is 0.500. The van der Waals surface area contributed by atoms with E-state index in [0.717, 1.165) is 25.7 Å². The molecule has 1 aliphatic rings. The molecular formula is C15H20N4O2S. The van der Waals surface area contributed by atoms with E-state index < -0.39 is 10.0 Å². The van der Waals surface area contributed by atoms with Crippen LogP contribution in [0.1, 0.15) is 32.1 Å². The molecule has 2 aromatic heterocycles. The zero-order chi connectivity index (χ0) is 15.4. The molecule has 0 radical (unpaired) electrons. The molecule has 0 bridgehead atoms. The van der Waals surface area contributed by atoms with Crippen molar-refractivity contribution in [2.45, 2.75) is 32.1 Å². The molecule has 1 N–H and O–H groups in total. The maximum absolute atomic E-state index is 12.2. The number of sulfonamides is 1. The number of hydrogen-bond donors (Lipinski definition) is 1. The summed E-state index contributed by atoms with van der Waals surface area (Å²) in [7, 11) is -3.31. The van der Waals surface area contributed by atoms with E-state index in [-0.39, 0.29) is 11.7 Å². The van der Waals surface area contributed by atoms with Gasteiger partial charge in [0.2, 0.25) is 10.0 Å². The van der Waals surface area contributed by atoms with Crippen molar-refractivity contribution in [3.8, 4) is 5.82 Å². The van der Waals surface area contributed by atoms with Crippen molar-refractivity contribution in [2.75, 3.05) is 10.5 Å². The summed E-state index contributed by atoms with van der Waals surface area (Å²) in [5.74, 6) is 1.19. The van der Waals surface area contributed by atoms with E-state index in [1.54, 1.807) is 35.4 Å². The van der Waals surface area contributed by atoms with Crippen LogP contribution in [-0.2, 0) is 10.0 Å². The minimum atomic E-state index is -3.31. The maximum atomic E-state index is 12.2. The average Bonchev–Trinajstić information content (AvgIpc) is 3.02. The highest BCUT2D eigenvalue weighted by molar-refractivity contribution is 7.92. The predicted octanol–water partition coefficient (Wildman–Crippen LogP) is 2.59. The first-order chi connectivity index (χ1) is 10.6. The Bertz CT molecular complexity index is 690. The van der Waals surface area contributed by atoms with Crippen LogP contribution in [0.4, 0.5) is 5.69 Å². The summed E-state index contributed by atoms with van der Waals surface area (Å²) in [6, 6.07) is 3.49. The minimum Gasteiger partial charge on any atom is -0.291 e. The Hall–Kier alpha value is -1.89. The van der Waals surface area contributed by atoms with Crippen molar-refractivity contribution in [1.29, 1.82) is 0 Å². The molecule has 0 saturated heterocycles. The molecule has 0 unspecified atom stereocenters. The average molecular weight is 320 g/mol. The summed E-state index contributed by atoms with van der Waals surface area (Å²) in [6.45, 7) is 0. The van der Waals surface area contributed by atoms with E-state index in [2.05, 4.69) is 14.7 Å². The Balaban J connectivity index is 1.64. The van der Waals surface area contributed by atoms with Crippen LogP contribution in [0.25, 0.3) is 5.82 Å². The lowest BCUT2D eigenvalue weighted by molar-refractivity contribution is 0.385. The molecule has 0 aromatic carbocycles. The summed E-state index contributed by atoms with van der Waals surface area (Å²) in [6.07, 6.45) is 12.2. The smallest absolute Gasteiger partial charge is 0.233 e. The van der Waals surface area contributed by atoms with Gasteiger partial charge in [0.05, 0.1) is 17.6 Å². The number of nitrogens with one attached hydrogen (secondary N) is 1. The van der Waals surface area contributed by atoms with Gasteiger partial charge >= 0.3 is 0 Å². The fourth-order valence-electron chi connectivity index (χ4n) is 2.88. The van der Waals surface area contributed by atoms with Crippen molar-refractivity contribution in [2.24, 2.45) is 5.92 Å². The van der Waals surface area contributed by atoms with Crippen LogP contribution in [0.15, 0.2) is 37.1 Å². The molecule has 6 nitrogen and oxygen atoms in total. The number of nitrogens with zero attached hydrogens (tertiary/aromatic N) is 3. The molecule has 1 saturated carbocycles. The Kier molecular flexibility index (Phi) is 4.42. The fourth-order valence-corrected chi connectivity index (χ4v) is 4.40. The van der Waals surface area contributed by atoms with Crippen LogP contribution in [0, 0.1) is 5.92 Å². The Morgan fingerprint density at radius 1 is 1.23 bits per heavy atom. The lowest BCUT2D eigenvalue weighted by Crippen LogP contribution is -2.24. The molecule has 2 heterocycles. The molecule has 0 aliphatic heterocycles. The van der Waals surface area contributed by atoms with Crippen LogP contribution in [0.5, 0.6) is 0 Å². The van der Waals surface area contributed by atoms with Gasteiger partial charge in [-0.3, -0.25) is 9.29 Å². The SMILES string of the molecule is O=S(=O)(CC1CCCCC1)Nc1ccc(-n2ccnc2)nc1. The molecule has 3 rings (SSSR count). The lowest BCUT2D eigenvalue weighted by atomic mass is 9.91. The molecule has 118 valence electrons. The normalized spacial score (nSPS) is 16.5. The zero-order valence-corrected chi connectivity index (χ0v) is 13.2. The minimum absolute atomic E-state index is 0.205. The molecule has 0 atom stereocenters. The van der Waals surface area contributed by atoms with E-state index in [9.17, 15) is 8.42 Å². The monoisotopic (exact) mass is 320 g/mol. The van der Waals surface area contributed by atoms with Gasteiger partial charge in [0, 0.05) is 12.4 Å². The standard InChI is InChI=1S/C15H20N4O2S/c20-22(21,11-13-4-2-1-3-5-13)18-14-6-7-15(17-10-14)19-9-8-16-12-19/h6-10,12-13,18H,1-5,11H2. The number of pyridine rings is 1. The first kappa shape index (κ1) is 15.0. The summed E-state index contributed by atoms with van der Waals surface area (Å²) < 4.78 is 28.8. The van der Waals surface area contributed by atoms with Crippen molar-refractivity contribution in [1.82, 2.24) is 14.5 Å².